The molecule has 1 heterocycles. The minimum atomic E-state index is 0.685. The van der Waals surface area contributed by atoms with Gasteiger partial charge in [0.2, 0.25) is 0 Å². The van der Waals surface area contributed by atoms with Crippen molar-refractivity contribution in [1.82, 2.24) is 9.78 Å². The standard InChI is InChI=1S/C17H17N3S/c1-12-8-10-15(11-9-12)21-16-13(2)19-20(17(16)18)14-6-4-3-5-7-14/h3-11H,18H2,1-2H3. The van der Waals surface area contributed by atoms with Crippen LogP contribution in [0.25, 0.3) is 5.69 Å². The molecule has 0 fully saturated rings. The Labute approximate surface area is 128 Å². The largest absolute Gasteiger partial charge is 0.383 e. The van der Waals surface area contributed by atoms with E-state index in [1.54, 1.807) is 16.4 Å². The van der Waals surface area contributed by atoms with E-state index in [1.807, 2.05) is 37.3 Å². The lowest BCUT2D eigenvalue weighted by Crippen LogP contribution is -2.01. The maximum Gasteiger partial charge on any atom is 0.141 e. The molecule has 0 saturated heterocycles. The van der Waals surface area contributed by atoms with E-state index in [1.165, 1.54) is 10.5 Å². The zero-order valence-corrected chi connectivity index (χ0v) is 12.9. The fraction of sp³-hybridized carbons (Fsp3) is 0.118. The fourth-order valence-corrected chi connectivity index (χ4v) is 3.03. The molecule has 0 aliphatic rings. The molecule has 0 radical (unpaired) electrons. The van der Waals surface area contributed by atoms with Gasteiger partial charge in [-0.05, 0) is 38.1 Å². The van der Waals surface area contributed by atoms with Gasteiger partial charge < -0.3 is 5.73 Å². The SMILES string of the molecule is Cc1ccc(Sc2c(C)nn(-c3ccccc3)c2N)cc1. The van der Waals surface area contributed by atoms with Crippen LogP contribution in [0.15, 0.2) is 64.4 Å². The van der Waals surface area contributed by atoms with Crippen molar-refractivity contribution in [3.8, 4) is 5.69 Å². The first kappa shape index (κ1) is 13.8. The molecule has 4 heteroatoms. The van der Waals surface area contributed by atoms with Crippen molar-refractivity contribution in [3.63, 3.8) is 0 Å². The van der Waals surface area contributed by atoms with Gasteiger partial charge >= 0.3 is 0 Å². The molecular formula is C17H17N3S. The molecule has 3 aromatic rings. The van der Waals surface area contributed by atoms with Crippen molar-refractivity contribution < 1.29 is 0 Å². The monoisotopic (exact) mass is 295 g/mol. The van der Waals surface area contributed by atoms with Gasteiger partial charge in [0.1, 0.15) is 5.82 Å². The van der Waals surface area contributed by atoms with Crippen LogP contribution in [0, 0.1) is 13.8 Å². The average Bonchev–Trinajstić information content (AvgIpc) is 2.78. The van der Waals surface area contributed by atoms with E-state index in [0.29, 0.717) is 5.82 Å². The molecule has 3 rings (SSSR count). The highest BCUT2D eigenvalue weighted by Crippen LogP contribution is 2.35. The van der Waals surface area contributed by atoms with Crippen LogP contribution in [-0.4, -0.2) is 9.78 Å². The van der Waals surface area contributed by atoms with E-state index in [2.05, 4.69) is 36.3 Å². The zero-order valence-electron chi connectivity index (χ0n) is 12.1. The first-order chi connectivity index (χ1) is 10.1. The van der Waals surface area contributed by atoms with Crippen LogP contribution in [0.3, 0.4) is 0 Å². The molecular weight excluding hydrogens is 278 g/mol. The van der Waals surface area contributed by atoms with E-state index in [-0.39, 0.29) is 0 Å². The summed E-state index contributed by atoms with van der Waals surface area (Å²) in [6, 6.07) is 18.4. The Hall–Kier alpha value is -2.20. The van der Waals surface area contributed by atoms with E-state index in [9.17, 15) is 0 Å². The van der Waals surface area contributed by atoms with E-state index in [0.717, 1.165) is 16.3 Å². The Bertz CT molecular complexity index is 746. The smallest absolute Gasteiger partial charge is 0.141 e. The molecule has 0 bridgehead atoms. The normalized spacial score (nSPS) is 10.8. The summed E-state index contributed by atoms with van der Waals surface area (Å²) in [6.45, 7) is 4.08. The number of nitrogens with two attached hydrogens (primary N) is 1. The van der Waals surface area contributed by atoms with Gasteiger partial charge in [-0.25, -0.2) is 4.68 Å². The van der Waals surface area contributed by atoms with Crippen molar-refractivity contribution in [2.24, 2.45) is 0 Å². The highest BCUT2D eigenvalue weighted by Gasteiger charge is 2.14. The second kappa shape index (κ2) is 5.66. The molecule has 0 atom stereocenters. The van der Waals surface area contributed by atoms with E-state index >= 15 is 0 Å². The van der Waals surface area contributed by atoms with Crippen LogP contribution in [0.5, 0.6) is 0 Å². The molecule has 21 heavy (non-hydrogen) atoms. The number of nitrogens with zero attached hydrogens (tertiary/aromatic N) is 2. The fourth-order valence-electron chi connectivity index (χ4n) is 2.15. The number of nitrogen functional groups attached to an aromatic ring is 1. The summed E-state index contributed by atoms with van der Waals surface area (Å²) in [5.74, 6) is 0.685. The average molecular weight is 295 g/mol. The summed E-state index contributed by atoms with van der Waals surface area (Å²) in [6.07, 6.45) is 0. The highest BCUT2D eigenvalue weighted by molar-refractivity contribution is 7.99. The van der Waals surface area contributed by atoms with Crippen molar-refractivity contribution in [1.29, 1.82) is 0 Å². The quantitative estimate of drug-likeness (QED) is 0.786. The third-order valence-electron chi connectivity index (χ3n) is 3.28. The Morgan fingerprint density at radius 3 is 2.29 bits per heavy atom. The van der Waals surface area contributed by atoms with Crippen molar-refractivity contribution in [2.75, 3.05) is 5.73 Å². The minimum absolute atomic E-state index is 0.685. The van der Waals surface area contributed by atoms with Gasteiger partial charge in [-0.15, -0.1) is 0 Å². The van der Waals surface area contributed by atoms with Crippen molar-refractivity contribution in [2.45, 2.75) is 23.6 Å². The number of aromatic nitrogens is 2. The maximum atomic E-state index is 6.29. The number of para-hydroxylation sites is 1. The number of benzene rings is 2. The second-order valence-electron chi connectivity index (χ2n) is 4.96. The summed E-state index contributed by atoms with van der Waals surface area (Å²) in [5.41, 5.74) is 9.47. The predicted octanol–water partition coefficient (Wildman–Crippen LogP) is 4.22. The molecule has 0 unspecified atom stereocenters. The predicted molar refractivity (Wildman–Crippen MR) is 88.0 cm³/mol. The van der Waals surface area contributed by atoms with E-state index < -0.39 is 0 Å². The van der Waals surface area contributed by atoms with Crippen LogP contribution in [0.2, 0.25) is 0 Å². The third-order valence-corrected chi connectivity index (χ3v) is 4.50. The lowest BCUT2D eigenvalue weighted by Gasteiger charge is -2.05. The maximum absolute atomic E-state index is 6.29. The minimum Gasteiger partial charge on any atom is -0.383 e. The lowest BCUT2D eigenvalue weighted by atomic mass is 10.2. The number of rotatable bonds is 3. The van der Waals surface area contributed by atoms with Crippen LogP contribution in [0.4, 0.5) is 5.82 Å². The molecule has 106 valence electrons. The molecule has 0 aliphatic heterocycles. The van der Waals surface area contributed by atoms with Crippen LogP contribution in [-0.2, 0) is 0 Å². The van der Waals surface area contributed by atoms with Crippen molar-refractivity contribution in [3.05, 3.63) is 65.9 Å². The van der Waals surface area contributed by atoms with Gasteiger partial charge in [-0.2, -0.15) is 5.10 Å². The second-order valence-corrected chi connectivity index (χ2v) is 6.05. The number of aryl methyl sites for hydroxylation is 2. The number of anilines is 1. The van der Waals surface area contributed by atoms with Gasteiger partial charge in [0.25, 0.3) is 0 Å². The Morgan fingerprint density at radius 1 is 0.952 bits per heavy atom. The first-order valence-corrected chi connectivity index (χ1v) is 7.62. The molecule has 0 saturated carbocycles. The molecule has 3 nitrogen and oxygen atoms in total. The van der Waals surface area contributed by atoms with Gasteiger partial charge in [0, 0.05) is 4.90 Å². The Balaban J connectivity index is 1.97. The highest BCUT2D eigenvalue weighted by atomic mass is 32.2. The Morgan fingerprint density at radius 2 is 1.62 bits per heavy atom. The molecule has 0 amide bonds. The summed E-state index contributed by atoms with van der Waals surface area (Å²) >= 11 is 1.66. The molecule has 2 N–H and O–H groups in total. The van der Waals surface area contributed by atoms with Gasteiger partial charge in [0.15, 0.2) is 0 Å². The molecule has 1 aromatic heterocycles. The Kier molecular flexibility index (Phi) is 3.71. The van der Waals surface area contributed by atoms with Crippen LogP contribution < -0.4 is 5.73 Å². The lowest BCUT2D eigenvalue weighted by molar-refractivity contribution is 0.872. The van der Waals surface area contributed by atoms with Crippen LogP contribution >= 0.6 is 11.8 Å². The topological polar surface area (TPSA) is 43.8 Å². The first-order valence-electron chi connectivity index (χ1n) is 6.80. The van der Waals surface area contributed by atoms with Crippen molar-refractivity contribution >= 4 is 17.6 Å². The zero-order chi connectivity index (χ0) is 14.8. The van der Waals surface area contributed by atoms with Gasteiger partial charge in [0.05, 0.1) is 16.3 Å². The van der Waals surface area contributed by atoms with Crippen LogP contribution in [0.1, 0.15) is 11.3 Å². The summed E-state index contributed by atoms with van der Waals surface area (Å²) in [7, 11) is 0. The summed E-state index contributed by atoms with van der Waals surface area (Å²) in [5, 5.41) is 4.56. The summed E-state index contributed by atoms with van der Waals surface area (Å²) < 4.78 is 1.80. The number of hydrogen-bond acceptors (Lipinski definition) is 3. The third kappa shape index (κ3) is 2.81. The molecule has 2 aromatic carbocycles. The van der Waals surface area contributed by atoms with E-state index in [4.69, 9.17) is 5.73 Å². The molecule has 0 spiro atoms. The van der Waals surface area contributed by atoms with Gasteiger partial charge in [-0.3, -0.25) is 0 Å². The molecule has 0 aliphatic carbocycles. The number of hydrogen-bond donors (Lipinski definition) is 1. The van der Waals surface area contributed by atoms with Gasteiger partial charge in [-0.1, -0.05) is 47.7 Å². The summed E-state index contributed by atoms with van der Waals surface area (Å²) in [4.78, 5) is 2.19.